The third-order valence-electron chi connectivity index (χ3n) is 3.33. The number of nitrogens with zero attached hydrogens (tertiary/aromatic N) is 4. The third-order valence-corrected chi connectivity index (χ3v) is 4.64. The van der Waals surface area contributed by atoms with Crippen molar-refractivity contribution in [1.29, 1.82) is 0 Å². The minimum atomic E-state index is -3.65. The average molecular weight is 311 g/mol. The van der Waals surface area contributed by atoms with Gasteiger partial charge in [-0.05, 0) is 27.2 Å². The van der Waals surface area contributed by atoms with Crippen LogP contribution in [-0.2, 0) is 10.0 Å². The lowest BCUT2D eigenvalue weighted by Gasteiger charge is -2.14. The Morgan fingerprint density at radius 2 is 2.00 bits per heavy atom. The van der Waals surface area contributed by atoms with Crippen molar-refractivity contribution in [2.45, 2.75) is 51.1 Å². The normalized spacial score (nSPS) is 13.6. The van der Waals surface area contributed by atoms with Gasteiger partial charge in [-0.2, -0.15) is 10.2 Å². The molecule has 21 heavy (non-hydrogen) atoms. The van der Waals surface area contributed by atoms with Crippen LogP contribution >= 0.6 is 0 Å². The van der Waals surface area contributed by atoms with Gasteiger partial charge in [0.2, 0.25) is 0 Å². The van der Waals surface area contributed by atoms with E-state index in [9.17, 15) is 8.42 Å². The molecule has 0 fully saturated rings. The summed E-state index contributed by atoms with van der Waals surface area (Å²) in [6.45, 7) is 7.89. The smallest absolute Gasteiger partial charge is 0.266 e. The Hall–Kier alpha value is -1.83. The summed E-state index contributed by atoms with van der Waals surface area (Å²) in [4.78, 5) is 0.146. The molecular formula is C13H21N5O2S. The van der Waals surface area contributed by atoms with Gasteiger partial charge in [0.15, 0.2) is 0 Å². The molecule has 0 spiro atoms. The van der Waals surface area contributed by atoms with Crippen molar-refractivity contribution in [1.82, 2.24) is 19.6 Å². The molecule has 0 saturated heterocycles. The fourth-order valence-electron chi connectivity index (χ4n) is 1.86. The fraction of sp³-hybridized carbons (Fsp3) is 0.538. The molecule has 7 nitrogen and oxygen atoms in total. The molecule has 0 aliphatic carbocycles. The van der Waals surface area contributed by atoms with E-state index in [0.717, 1.165) is 6.42 Å². The highest BCUT2D eigenvalue weighted by Crippen LogP contribution is 2.20. The number of aromatic nitrogens is 4. The molecule has 2 heterocycles. The van der Waals surface area contributed by atoms with Gasteiger partial charge in [0, 0.05) is 18.3 Å². The summed E-state index contributed by atoms with van der Waals surface area (Å²) in [5.41, 5.74) is 0. The highest BCUT2D eigenvalue weighted by Gasteiger charge is 2.20. The van der Waals surface area contributed by atoms with Crippen molar-refractivity contribution in [3.63, 3.8) is 0 Å². The van der Waals surface area contributed by atoms with Crippen LogP contribution in [-0.4, -0.2) is 28.0 Å². The van der Waals surface area contributed by atoms with Crippen LogP contribution in [0.5, 0.6) is 0 Å². The summed E-state index contributed by atoms with van der Waals surface area (Å²) in [7, 11) is -3.65. The zero-order valence-electron chi connectivity index (χ0n) is 12.7. The van der Waals surface area contributed by atoms with Crippen LogP contribution in [0.1, 0.15) is 46.2 Å². The lowest BCUT2D eigenvalue weighted by molar-refractivity contribution is 0.484. The second-order valence-electron chi connectivity index (χ2n) is 5.27. The van der Waals surface area contributed by atoms with Crippen LogP contribution in [0, 0.1) is 0 Å². The van der Waals surface area contributed by atoms with Gasteiger partial charge in [-0.1, -0.05) is 6.92 Å². The number of anilines is 1. The first kappa shape index (κ1) is 15.6. The summed E-state index contributed by atoms with van der Waals surface area (Å²) in [6.07, 6.45) is 5.33. The molecule has 1 atom stereocenters. The van der Waals surface area contributed by atoms with Gasteiger partial charge >= 0.3 is 0 Å². The Balaban J connectivity index is 2.27. The van der Waals surface area contributed by atoms with Crippen molar-refractivity contribution in [2.24, 2.45) is 0 Å². The van der Waals surface area contributed by atoms with E-state index >= 15 is 0 Å². The standard InChI is InChI=1S/C13H21N5O2S/c1-5-11(4)18-13(6-7-14-18)16-21(19,20)12-8-15-17(9-12)10(2)3/h6-11,16H,5H2,1-4H3/t11-/m1/s1. The second-order valence-corrected chi connectivity index (χ2v) is 6.96. The van der Waals surface area contributed by atoms with E-state index < -0.39 is 10.0 Å². The summed E-state index contributed by atoms with van der Waals surface area (Å²) in [5, 5.41) is 8.23. The van der Waals surface area contributed by atoms with E-state index in [2.05, 4.69) is 14.9 Å². The largest absolute Gasteiger partial charge is 0.269 e. The number of hydrogen-bond donors (Lipinski definition) is 1. The minimum Gasteiger partial charge on any atom is -0.269 e. The van der Waals surface area contributed by atoms with Gasteiger partial charge < -0.3 is 0 Å². The number of rotatable bonds is 6. The molecule has 2 rings (SSSR count). The molecule has 116 valence electrons. The van der Waals surface area contributed by atoms with Gasteiger partial charge in [0.25, 0.3) is 10.0 Å². The second kappa shape index (κ2) is 5.88. The first-order valence-corrected chi connectivity index (χ1v) is 8.44. The summed E-state index contributed by atoms with van der Waals surface area (Å²) < 4.78 is 30.6. The maximum atomic E-state index is 12.4. The predicted octanol–water partition coefficient (Wildman–Crippen LogP) is 2.43. The van der Waals surface area contributed by atoms with Crippen LogP contribution in [0.25, 0.3) is 0 Å². The number of hydrogen-bond acceptors (Lipinski definition) is 4. The Kier molecular flexibility index (Phi) is 4.36. The van der Waals surface area contributed by atoms with Crippen LogP contribution in [0.2, 0.25) is 0 Å². The van der Waals surface area contributed by atoms with Crippen molar-refractivity contribution in [3.8, 4) is 0 Å². The van der Waals surface area contributed by atoms with E-state index in [1.807, 2.05) is 27.7 Å². The first-order chi connectivity index (χ1) is 9.85. The molecule has 0 unspecified atom stereocenters. The molecule has 8 heteroatoms. The van der Waals surface area contributed by atoms with Crippen molar-refractivity contribution < 1.29 is 8.42 Å². The zero-order chi connectivity index (χ0) is 15.6. The maximum absolute atomic E-state index is 12.4. The lowest BCUT2D eigenvalue weighted by atomic mass is 10.3. The molecule has 0 aliphatic rings. The van der Waals surface area contributed by atoms with Crippen LogP contribution in [0.4, 0.5) is 5.82 Å². The van der Waals surface area contributed by atoms with E-state index in [0.29, 0.717) is 5.82 Å². The van der Waals surface area contributed by atoms with Gasteiger partial charge in [-0.15, -0.1) is 0 Å². The van der Waals surface area contributed by atoms with Gasteiger partial charge in [-0.25, -0.2) is 13.1 Å². The van der Waals surface area contributed by atoms with Gasteiger partial charge in [0.1, 0.15) is 10.7 Å². The Morgan fingerprint density at radius 3 is 2.57 bits per heavy atom. The molecule has 0 radical (unpaired) electrons. The van der Waals surface area contributed by atoms with E-state index in [-0.39, 0.29) is 17.0 Å². The Bertz CT molecular complexity index is 702. The van der Waals surface area contributed by atoms with Crippen LogP contribution < -0.4 is 4.72 Å². The van der Waals surface area contributed by atoms with Gasteiger partial charge in [0.05, 0.1) is 18.4 Å². The number of sulfonamides is 1. The van der Waals surface area contributed by atoms with E-state index in [1.165, 1.54) is 12.4 Å². The SMILES string of the molecule is CC[C@@H](C)n1nccc1NS(=O)(=O)c1cnn(C(C)C)c1. The fourth-order valence-corrected chi connectivity index (χ4v) is 2.85. The van der Waals surface area contributed by atoms with E-state index in [4.69, 9.17) is 0 Å². The third kappa shape index (κ3) is 3.26. The molecule has 0 bridgehead atoms. The van der Waals surface area contributed by atoms with Crippen LogP contribution in [0.15, 0.2) is 29.6 Å². The molecule has 0 aliphatic heterocycles. The topological polar surface area (TPSA) is 81.8 Å². The highest BCUT2D eigenvalue weighted by molar-refractivity contribution is 7.92. The number of nitrogens with one attached hydrogen (secondary N) is 1. The zero-order valence-corrected chi connectivity index (χ0v) is 13.5. The lowest BCUT2D eigenvalue weighted by Crippen LogP contribution is -2.17. The quantitative estimate of drug-likeness (QED) is 0.888. The Labute approximate surface area is 125 Å². The first-order valence-electron chi connectivity index (χ1n) is 6.95. The van der Waals surface area contributed by atoms with E-state index in [1.54, 1.807) is 21.6 Å². The van der Waals surface area contributed by atoms with Crippen molar-refractivity contribution in [2.75, 3.05) is 4.72 Å². The maximum Gasteiger partial charge on any atom is 0.266 e. The summed E-state index contributed by atoms with van der Waals surface area (Å²) in [6, 6.07) is 1.88. The minimum absolute atomic E-state index is 0.111. The Morgan fingerprint density at radius 1 is 1.29 bits per heavy atom. The molecular weight excluding hydrogens is 290 g/mol. The van der Waals surface area contributed by atoms with Gasteiger partial charge in [-0.3, -0.25) is 9.40 Å². The van der Waals surface area contributed by atoms with Crippen molar-refractivity contribution >= 4 is 15.8 Å². The molecule has 2 aromatic heterocycles. The van der Waals surface area contributed by atoms with Crippen LogP contribution in [0.3, 0.4) is 0 Å². The average Bonchev–Trinajstić information content (AvgIpc) is 3.05. The summed E-state index contributed by atoms with van der Waals surface area (Å²) in [5.74, 6) is 0.460. The molecule has 2 aromatic rings. The predicted molar refractivity (Wildman–Crippen MR) is 80.6 cm³/mol. The van der Waals surface area contributed by atoms with Crippen molar-refractivity contribution in [3.05, 3.63) is 24.7 Å². The highest BCUT2D eigenvalue weighted by atomic mass is 32.2. The molecule has 1 N–H and O–H groups in total. The molecule has 0 saturated carbocycles. The molecule has 0 aromatic carbocycles. The summed E-state index contributed by atoms with van der Waals surface area (Å²) >= 11 is 0. The monoisotopic (exact) mass is 311 g/mol. The molecule has 0 amide bonds.